The highest BCUT2D eigenvalue weighted by Crippen LogP contribution is 2.21. The summed E-state index contributed by atoms with van der Waals surface area (Å²) in [5.41, 5.74) is 0. The lowest BCUT2D eigenvalue weighted by molar-refractivity contribution is -0.135. The number of hydrogen-bond acceptors (Lipinski definition) is 5. The fourth-order valence-electron chi connectivity index (χ4n) is 4.45. The number of carbonyl (C=O) groups is 1. The number of piperazine rings is 1. The van der Waals surface area contributed by atoms with Gasteiger partial charge in [-0.15, -0.1) is 0 Å². The zero-order valence-electron chi connectivity index (χ0n) is 19.3. The molecule has 1 N–H and O–H groups in total. The van der Waals surface area contributed by atoms with Gasteiger partial charge in [0.2, 0.25) is 5.91 Å². The van der Waals surface area contributed by atoms with E-state index in [1.165, 1.54) is 6.42 Å². The third kappa shape index (κ3) is 7.38. The Morgan fingerprint density at radius 2 is 1.94 bits per heavy atom. The van der Waals surface area contributed by atoms with E-state index in [2.05, 4.69) is 45.8 Å². The molecule has 3 rings (SSSR count). The highest BCUT2D eigenvalue weighted by atomic mass is 16.5. The summed E-state index contributed by atoms with van der Waals surface area (Å²) in [7, 11) is 0. The number of nitrogens with one attached hydrogen (secondary N) is 1. The Bertz CT molecular complexity index is 695. The van der Waals surface area contributed by atoms with Crippen molar-refractivity contribution in [2.45, 2.75) is 27.2 Å². The number of guanidine groups is 1. The third-order valence-electron chi connectivity index (χ3n) is 5.84. The zero-order chi connectivity index (χ0) is 22.1. The first-order valence-electron chi connectivity index (χ1n) is 11.6. The van der Waals surface area contributed by atoms with Crippen LogP contribution in [0.3, 0.4) is 0 Å². The van der Waals surface area contributed by atoms with Crippen molar-refractivity contribution in [3.8, 4) is 5.75 Å². The van der Waals surface area contributed by atoms with Gasteiger partial charge in [-0.05, 0) is 37.3 Å². The van der Waals surface area contributed by atoms with Crippen LogP contribution in [0.25, 0.3) is 0 Å². The average molecular weight is 431 g/mol. The molecule has 2 saturated heterocycles. The minimum atomic E-state index is 0.278. The molecule has 1 aromatic heterocycles. The Kier molecular flexibility index (Phi) is 8.94. The zero-order valence-corrected chi connectivity index (χ0v) is 19.3. The predicted molar refractivity (Wildman–Crippen MR) is 123 cm³/mol. The van der Waals surface area contributed by atoms with Crippen LogP contribution in [0, 0.1) is 11.8 Å². The fourth-order valence-corrected chi connectivity index (χ4v) is 4.45. The quantitative estimate of drug-likeness (QED) is 0.402. The number of pyridine rings is 1. The predicted octanol–water partition coefficient (Wildman–Crippen LogP) is 1.55. The monoisotopic (exact) mass is 430 g/mol. The number of carbonyl (C=O) groups excluding carboxylic acids is 1. The van der Waals surface area contributed by atoms with Gasteiger partial charge in [-0.25, -0.2) is 4.99 Å². The molecule has 0 aromatic carbocycles. The van der Waals surface area contributed by atoms with Gasteiger partial charge in [-0.1, -0.05) is 13.8 Å². The molecule has 8 heteroatoms. The van der Waals surface area contributed by atoms with Crippen molar-refractivity contribution in [3.05, 3.63) is 24.5 Å². The van der Waals surface area contributed by atoms with Crippen LogP contribution in [0.1, 0.15) is 27.2 Å². The van der Waals surface area contributed by atoms with Gasteiger partial charge in [0, 0.05) is 52.0 Å². The smallest absolute Gasteiger partial charge is 0.236 e. The van der Waals surface area contributed by atoms with Crippen molar-refractivity contribution in [2.75, 3.05) is 65.5 Å². The van der Waals surface area contributed by atoms with E-state index in [-0.39, 0.29) is 5.91 Å². The SMILES string of the molecule is CCNC(=NCCOc1cccnc1)N1CCN(CC(=O)N2CC(C)CC(C)C2)CC1. The summed E-state index contributed by atoms with van der Waals surface area (Å²) in [4.78, 5) is 28.2. The van der Waals surface area contributed by atoms with Crippen molar-refractivity contribution in [2.24, 2.45) is 16.8 Å². The van der Waals surface area contributed by atoms with Gasteiger partial charge >= 0.3 is 0 Å². The molecule has 2 aliphatic heterocycles. The van der Waals surface area contributed by atoms with Crippen molar-refractivity contribution in [1.29, 1.82) is 0 Å². The van der Waals surface area contributed by atoms with Crippen LogP contribution in [0.15, 0.2) is 29.5 Å². The minimum Gasteiger partial charge on any atom is -0.490 e. The Morgan fingerprint density at radius 1 is 1.19 bits per heavy atom. The molecule has 0 radical (unpaired) electrons. The first-order chi connectivity index (χ1) is 15.0. The van der Waals surface area contributed by atoms with E-state index in [1.54, 1.807) is 12.4 Å². The van der Waals surface area contributed by atoms with Gasteiger partial charge in [-0.3, -0.25) is 14.7 Å². The molecule has 3 heterocycles. The lowest BCUT2D eigenvalue weighted by atomic mass is 9.92. The van der Waals surface area contributed by atoms with Gasteiger partial charge in [-0.2, -0.15) is 0 Å². The van der Waals surface area contributed by atoms with Crippen molar-refractivity contribution >= 4 is 11.9 Å². The molecule has 2 unspecified atom stereocenters. The number of aliphatic imine (C=N–C) groups is 1. The summed E-state index contributed by atoms with van der Waals surface area (Å²) in [5.74, 6) is 3.16. The number of nitrogens with zero attached hydrogens (tertiary/aromatic N) is 5. The van der Waals surface area contributed by atoms with Crippen LogP contribution >= 0.6 is 0 Å². The molecule has 0 spiro atoms. The number of rotatable bonds is 7. The maximum atomic E-state index is 12.8. The lowest BCUT2D eigenvalue weighted by Crippen LogP contribution is -2.55. The summed E-state index contributed by atoms with van der Waals surface area (Å²) in [6, 6.07) is 3.76. The Balaban J connectivity index is 1.43. The Labute approximate surface area is 186 Å². The average Bonchev–Trinajstić information content (AvgIpc) is 2.76. The molecule has 0 aliphatic carbocycles. The van der Waals surface area contributed by atoms with Crippen molar-refractivity contribution < 1.29 is 9.53 Å². The summed E-state index contributed by atoms with van der Waals surface area (Å²) in [6.07, 6.45) is 4.66. The van der Waals surface area contributed by atoms with E-state index in [0.717, 1.165) is 57.5 Å². The molecule has 2 aliphatic rings. The van der Waals surface area contributed by atoms with Crippen LogP contribution in [0.2, 0.25) is 0 Å². The molecule has 172 valence electrons. The van der Waals surface area contributed by atoms with Gasteiger partial charge in [0.15, 0.2) is 5.96 Å². The van der Waals surface area contributed by atoms with E-state index < -0.39 is 0 Å². The maximum Gasteiger partial charge on any atom is 0.236 e. The number of amides is 1. The van der Waals surface area contributed by atoms with E-state index in [1.807, 2.05) is 12.1 Å². The first kappa shape index (κ1) is 23.3. The molecular formula is C23H38N6O2. The Morgan fingerprint density at radius 3 is 2.58 bits per heavy atom. The largest absolute Gasteiger partial charge is 0.490 e. The van der Waals surface area contributed by atoms with Gasteiger partial charge in [0.1, 0.15) is 12.4 Å². The van der Waals surface area contributed by atoms with Crippen LogP contribution in [0.4, 0.5) is 0 Å². The van der Waals surface area contributed by atoms with Crippen LogP contribution in [-0.2, 0) is 4.79 Å². The van der Waals surface area contributed by atoms with Gasteiger partial charge < -0.3 is 19.9 Å². The van der Waals surface area contributed by atoms with Gasteiger partial charge in [0.05, 0.1) is 19.3 Å². The van der Waals surface area contributed by atoms with Crippen molar-refractivity contribution in [1.82, 2.24) is 25.0 Å². The standard InChI is InChI=1S/C23H38N6O2/c1-4-25-23(26-8-13-31-21-6-5-7-24-15-21)28-11-9-27(10-12-28)18-22(30)29-16-19(2)14-20(3)17-29/h5-7,15,19-20H,4,8-14,16-18H2,1-3H3,(H,25,26). The molecule has 0 saturated carbocycles. The normalized spacial score (nSPS) is 23.0. The summed E-state index contributed by atoms with van der Waals surface area (Å²) < 4.78 is 5.69. The maximum absolute atomic E-state index is 12.8. The number of likely N-dealkylation sites (tertiary alicyclic amines) is 1. The molecule has 2 atom stereocenters. The second kappa shape index (κ2) is 11.9. The highest BCUT2D eigenvalue weighted by molar-refractivity contribution is 5.80. The fraction of sp³-hybridized carbons (Fsp3) is 0.696. The summed E-state index contributed by atoms with van der Waals surface area (Å²) >= 11 is 0. The lowest BCUT2D eigenvalue weighted by Gasteiger charge is -2.39. The van der Waals surface area contributed by atoms with E-state index in [0.29, 0.717) is 31.5 Å². The topological polar surface area (TPSA) is 73.3 Å². The summed E-state index contributed by atoms with van der Waals surface area (Å²) in [6.45, 7) is 14.3. The molecule has 1 amide bonds. The second-order valence-corrected chi connectivity index (χ2v) is 8.78. The highest BCUT2D eigenvalue weighted by Gasteiger charge is 2.28. The molecule has 31 heavy (non-hydrogen) atoms. The first-order valence-corrected chi connectivity index (χ1v) is 11.6. The van der Waals surface area contributed by atoms with Crippen molar-refractivity contribution in [3.63, 3.8) is 0 Å². The van der Waals surface area contributed by atoms with Crippen LogP contribution < -0.4 is 10.1 Å². The van der Waals surface area contributed by atoms with E-state index in [4.69, 9.17) is 9.73 Å². The third-order valence-corrected chi connectivity index (χ3v) is 5.84. The minimum absolute atomic E-state index is 0.278. The molecule has 1 aromatic rings. The molecular weight excluding hydrogens is 392 g/mol. The molecule has 8 nitrogen and oxygen atoms in total. The summed E-state index contributed by atoms with van der Waals surface area (Å²) in [5, 5.41) is 3.38. The second-order valence-electron chi connectivity index (χ2n) is 8.78. The van der Waals surface area contributed by atoms with E-state index >= 15 is 0 Å². The molecule has 2 fully saturated rings. The van der Waals surface area contributed by atoms with Crippen LogP contribution in [0.5, 0.6) is 5.75 Å². The molecule has 0 bridgehead atoms. The Hall–Kier alpha value is -2.35. The number of ether oxygens (including phenoxy) is 1. The van der Waals surface area contributed by atoms with E-state index in [9.17, 15) is 4.79 Å². The van der Waals surface area contributed by atoms with Gasteiger partial charge in [0.25, 0.3) is 0 Å². The number of hydrogen-bond donors (Lipinski definition) is 1. The number of piperidine rings is 1. The van der Waals surface area contributed by atoms with Crippen LogP contribution in [-0.4, -0.2) is 97.1 Å². The number of aromatic nitrogens is 1.